The van der Waals surface area contributed by atoms with E-state index in [1.165, 1.54) is 38.5 Å². The number of hydrogen-bond acceptors (Lipinski definition) is 4. The van der Waals surface area contributed by atoms with Crippen LogP contribution in [-0.2, 0) is 12.0 Å². The molecule has 29 heavy (non-hydrogen) atoms. The molecule has 0 aliphatic heterocycles. The number of fused-ring (bicyclic) bond motifs is 5. The highest BCUT2D eigenvalue weighted by atomic mass is 16.5. The van der Waals surface area contributed by atoms with E-state index in [-0.39, 0.29) is 12.0 Å². The number of aliphatic hydroxyl groups is 2. The van der Waals surface area contributed by atoms with Crippen LogP contribution in [0.15, 0.2) is 10.6 Å². The summed E-state index contributed by atoms with van der Waals surface area (Å²) < 4.78 is 5.44. The molecule has 1 heterocycles. The van der Waals surface area contributed by atoms with Gasteiger partial charge in [0.15, 0.2) is 0 Å². The number of nitrogens with zero attached hydrogens (tertiary/aromatic N) is 1. The van der Waals surface area contributed by atoms with Crippen molar-refractivity contribution in [2.24, 2.45) is 40.4 Å². The highest BCUT2D eigenvalue weighted by Gasteiger charge is 2.65. The molecule has 0 bridgehead atoms. The van der Waals surface area contributed by atoms with Gasteiger partial charge in [-0.2, -0.15) is 0 Å². The quantitative estimate of drug-likeness (QED) is 0.741. The maximum absolute atomic E-state index is 11.9. The molecule has 0 saturated heterocycles. The van der Waals surface area contributed by atoms with Crippen molar-refractivity contribution >= 4 is 0 Å². The van der Waals surface area contributed by atoms with E-state index in [4.69, 9.17) is 4.52 Å². The Hall–Kier alpha value is -0.870. The van der Waals surface area contributed by atoms with E-state index in [2.05, 4.69) is 25.9 Å². The molecule has 4 nitrogen and oxygen atoms in total. The molecule has 0 spiro atoms. The molecule has 0 amide bonds. The van der Waals surface area contributed by atoms with Gasteiger partial charge in [0.05, 0.1) is 6.61 Å². The van der Waals surface area contributed by atoms with E-state index in [1.54, 1.807) is 0 Å². The Morgan fingerprint density at radius 3 is 2.66 bits per heavy atom. The van der Waals surface area contributed by atoms with Crippen LogP contribution in [0, 0.1) is 40.4 Å². The van der Waals surface area contributed by atoms with E-state index >= 15 is 0 Å². The van der Waals surface area contributed by atoms with Crippen LogP contribution in [0.3, 0.4) is 0 Å². The van der Waals surface area contributed by atoms with Crippen molar-refractivity contribution in [1.82, 2.24) is 5.16 Å². The standard InChI is InChI=1S/C25H39NO3/c1-16-6-10-23(2)17(14-16)4-5-19-20(23)7-11-24(3)21(19)8-12-25(24,28)22-15-18(9-13-27)29-26-22/h15-17,19-21,27-28H,4-14H2,1-3H3/t16?,17?,19-,20-,21+,23+,24+,25?/m1/s1. The third-order valence-electron chi connectivity index (χ3n) is 10.4. The fourth-order valence-corrected chi connectivity index (χ4v) is 8.65. The van der Waals surface area contributed by atoms with E-state index in [0.29, 0.717) is 29.2 Å². The van der Waals surface area contributed by atoms with Crippen LogP contribution >= 0.6 is 0 Å². The molecule has 4 aliphatic rings. The van der Waals surface area contributed by atoms with E-state index in [0.717, 1.165) is 42.9 Å². The number of rotatable bonds is 3. The lowest BCUT2D eigenvalue weighted by Gasteiger charge is -2.61. The van der Waals surface area contributed by atoms with Gasteiger partial charge in [0, 0.05) is 17.9 Å². The second kappa shape index (κ2) is 6.82. The van der Waals surface area contributed by atoms with Gasteiger partial charge >= 0.3 is 0 Å². The van der Waals surface area contributed by atoms with Crippen molar-refractivity contribution in [3.05, 3.63) is 17.5 Å². The van der Waals surface area contributed by atoms with Gasteiger partial charge in [-0.3, -0.25) is 0 Å². The number of hydrogen-bond donors (Lipinski definition) is 2. The molecule has 4 heteroatoms. The van der Waals surface area contributed by atoms with Crippen molar-refractivity contribution in [3.8, 4) is 0 Å². The third-order valence-corrected chi connectivity index (χ3v) is 10.4. The Morgan fingerprint density at radius 2 is 1.86 bits per heavy atom. The van der Waals surface area contributed by atoms with E-state index < -0.39 is 5.60 Å². The van der Waals surface area contributed by atoms with Crippen LogP contribution in [0.2, 0.25) is 0 Å². The summed E-state index contributed by atoms with van der Waals surface area (Å²) in [5.41, 5.74) is 0.209. The van der Waals surface area contributed by atoms with Crippen LogP contribution in [0.1, 0.15) is 90.0 Å². The van der Waals surface area contributed by atoms with Crippen LogP contribution < -0.4 is 0 Å². The molecule has 2 N–H and O–H groups in total. The molecular formula is C25H39NO3. The molecule has 8 atom stereocenters. The maximum Gasteiger partial charge on any atom is 0.139 e. The summed E-state index contributed by atoms with van der Waals surface area (Å²) in [4.78, 5) is 0. The van der Waals surface area contributed by atoms with Gasteiger partial charge in [-0.05, 0) is 86.4 Å². The molecular weight excluding hydrogens is 362 g/mol. The average molecular weight is 402 g/mol. The van der Waals surface area contributed by atoms with E-state index in [9.17, 15) is 10.2 Å². The minimum atomic E-state index is -0.890. The normalized spacial score (nSPS) is 49.3. The molecule has 0 aromatic carbocycles. The highest BCUT2D eigenvalue weighted by Crippen LogP contribution is 2.70. The van der Waals surface area contributed by atoms with Gasteiger partial charge in [0.25, 0.3) is 0 Å². The first-order valence-electron chi connectivity index (χ1n) is 12.1. The summed E-state index contributed by atoms with van der Waals surface area (Å²) in [5, 5.41) is 25.4. The average Bonchev–Trinajstić information content (AvgIpc) is 3.26. The zero-order valence-electron chi connectivity index (χ0n) is 18.5. The van der Waals surface area contributed by atoms with Crippen molar-refractivity contribution < 1.29 is 14.7 Å². The van der Waals surface area contributed by atoms with Crippen LogP contribution in [-0.4, -0.2) is 22.0 Å². The summed E-state index contributed by atoms with van der Waals surface area (Å²) >= 11 is 0. The van der Waals surface area contributed by atoms with Crippen LogP contribution in [0.25, 0.3) is 0 Å². The zero-order chi connectivity index (χ0) is 20.4. The minimum Gasteiger partial charge on any atom is -0.396 e. The van der Waals surface area contributed by atoms with Crippen molar-refractivity contribution in [3.63, 3.8) is 0 Å². The zero-order valence-corrected chi connectivity index (χ0v) is 18.5. The van der Waals surface area contributed by atoms with Crippen LogP contribution in [0.5, 0.6) is 0 Å². The first-order chi connectivity index (χ1) is 13.8. The summed E-state index contributed by atoms with van der Waals surface area (Å²) in [7, 11) is 0. The molecule has 4 fully saturated rings. The Balaban J connectivity index is 1.43. The SMILES string of the molecule is CC1CC[C@@]2(C)C(CC[C@@H]3[C@H]2CC[C@@]2(C)[C@H]3CCC2(O)c2cc(CCO)on2)C1. The smallest absolute Gasteiger partial charge is 0.139 e. The largest absolute Gasteiger partial charge is 0.396 e. The number of aromatic nitrogens is 1. The lowest BCUT2D eigenvalue weighted by Crippen LogP contribution is -2.55. The summed E-state index contributed by atoms with van der Waals surface area (Å²) in [5.74, 6) is 4.66. The summed E-state index contributed by atoms with van der Waals surface area (Å²) in [6, 6.07) is 1.90. The molecule has 4 saturated carbocycles. The lowest BCUT2D eigenvalue weighted by molar-refractivity contribution is -0.159. The van der Waals surface area contributed by atoms with Crippen molar-refractivity contribution in [2.45, 2.75) is 90.6 Å². The molecule has 1 aromatic heterocycles. The molecule has 3 unspecified atom stereocenters. The topological polar surface area (TPSA) is 66.5 Å². The molecule has 0 radical (unpaired) electrons. The lowest BCUT2D eigenvalue weighted by atomic mass is 9.44. The van der Waals surface area contributed by atoms with Crippen molar-refractivity contribution in [1.29, 1.82) is 0 Å². The first kappa shape index (κ1) is 20.1. The fraction of sp³-hybridized carbons (Fsp3) is 0.880. The van der Waals surface area contributed by atoms with Gasteiger partial charge < -0.3 is 14.7 Å². The number of aliphatic hydroxyl groups excluding tert-OH is 1. The summed E-state index contributed by atoms with van der Waals surface area (Å²) in [6.45, 7) is 7.44. The second-order valence-electron chi connectivity index (χ2n) is 11.5. The first-order valence-corrected chi connectivity index (χ1v) is 12.1. The van der Waals surface area contributed by atoms with E-state index in [1.807, 2.05) is 6.07 Å². The predicted octanol–water partition coefficient (Wildman–Crippen LogP) is 5.08. The van der Waals surface area contributed by atoms with Gasteiger partial charge in [-0.1, -0.05) is 32.3 Å². The van der Waals surface area contributed by atoms with Gasteiger partial charge in [0.1, 0.15) is 17.1 Å². The molecule has 5 rings (SSSR count). The second-order valence-corrected chi connectivity index (χ2v) is 11.5. The Labute approximate surface area is 175 Å². The monoisotopic (exact) mass is 401 g/mol. The minimum absolute atomic E-state index is 0.0507. The van der Waals surface area contributed by atoms with Crippen molar-refractivity contribution in [2.75, 3.05) is 6.61 Å². The Morgan fingerprint density at radius 1 is 1.07 bits per heavy atom. The summed E-state index contributed by atoms with van der Waals surface area (Å²) in [6.07, 6.45) is 11.7. The predicted molar refractivity (Wildman–Crippen MR) is 112 cm³/mol. The molecule has 1 aromatic rings. The highest BCUT2D eigenvalue weighted by molar-refractivity contribution is 5.24. The fourth-order valence-electron chi connectivity index (χ4n) is 8.65. The van der Waals surface area contributed by atoms with Gasteiger partial charge in [0.2, 0.25) is 0 Å². The van der Waals surface area contributed by atoms with Gasteiger partial charge in [-0.15, -0.1) is 0 Å². The van der Waals surface area contributed by atoms with Crippen LogP contribution in [0.4, 0.5) is 0 Å². The Bertz CT molecular complexity index is 761. The third kappa shape index (κ3) is 2.74. The van der Waals surface area contributed by atoms with Gasteiger partial charge in [-0.25, -0.2) is 0 Å². The Kier molecular flexibility index (Phi) is 4.71. The maximum atomic E-state index is 11.9. The molecule has 4 aliphatic carbocycles. The molecule has 162 valence electrons.